The number of amides is 1. The second-order valence-electron chi connectivity index (χ2n) is 11.0. The van der Waals surface area contributed by atoms with Crippen LogP contribution >= 0.6 is 0 Å². The van der Waals surface area contributed by atoms with E-state index in [4.69, 9.17) is 0 Å². The fourth-order valence-corrected chi connectivity index (χ4v) is 5.52. The van der Waals surface area contributed by atoms with E-state index in [2.05, 4.69) is 15.3 Å². The summed E-state index contributed by atoms with van der Waals surface area (Å²) >= 11 is 0. The largest absolute Gasteiger partial charge is 0.390 e. The number of hydrogen-bond donors (Lipinski definition) is 4. The summed E-state index contributed by atoms with van der Waals surface area (Å²) in [5, 5.41) is 34.2. The van der Waals surface area contributed by atoms with Crippen molar-refractivity contribution in [3.8, 4) is 11.3 Å². The zero-order chi connectivity index (χ0) is 28.1. The predicted octanol–water partition coefficient (Wildman–Crippen LogP) is 4.81. The molecule has 2 aliphatic rings. The molecule has 0 aliphatic heterocycles. The Morgan fingerprint density at radius 3 is 2.36 bits per heavy atom. The maximum Gasteiger partial charge on any atom is 0.274 e. The first-order valence-electron chi connectivity index (χ1n) is 12.9. The summed E-state index contributed by atoms with van der Waals surface area (Å²) in [6.45, 7) is 3.44. The van der Waals surface area contributed by atoms with Crippen LogP contribution in [0.15, 0.2) is 42.7 Å². The van der Waals surface area contributed by atoms with E-state index in [0.717, 1.165) is 30.7 Å². The number of aliphatic hydroxyl groups is 3. The smallest absolute Gasteiger partial charge is 0.274 e. The molecule has 2 fully saturated rings. The van der Waals surface area contributed by atoms with E-state index in [-0.39, 0.29) is 29.5 Å². The lowest BCUT2D eigenvalue weighted by Crippen LogP contribution is -2.49. The van der Waals surface area contributed by atoms with Gasteiger partial charge in [-0.2, -0.15) is 0 Å². The minimum absolute atomic E-state index is 0.0783. The molecule has 0 saturated heterocycles. The lowest BCUT2D eigenvalue weighted by molar-refractivity contribution is -0.123. The summed E-state index contributed by atoms with van der Waals surface area (Å²) in [5.41, 5.74) is -3.09. The minimum atomic E-state index is -1.31. The van der Waals surface area contributed by atoms with Crippen LogP contribution in [-0.2, 0) is 5.60 Å². The average molecular weight is 542 g/mol. The van der Waals surface area contributed by atoms with Crippen molar-refractivity contribution in [1.29, 1.82) is 0 Å². The van der Waals surface area contributed by atoms with Gasteiger partial charge < -0.3 is 20.6 Å². The van der Waals surface area contributed by atoms with Gasteiger partial charge in [0.15, 0.2) is 0 Å². The topological polar surface area (TPSA) is 116 Å². The van der Waals surface area contributed by atoms with Crippen LogP contribution in [0, 0.1) is 23.4 Å². The standard InChI is InChI=1S/C29H30F3N3O4/c1-15-10-16(11-24(36)28(15,2)38)18-6-9-33-14-23(18)35-27(37)22-5-4-19(30)26(34-22)25-20(31)12-17(13-21(25)32)29(39)7-3-8-29/h4-6,9,12-16,24,36,38-39H,3,7-8,10-11H2,1-2H3,(H,35,37)/t15-,16+,24+,28+/m0/s1. The van der Waals surface area contributed by atoms with Crippen molar-refractivity contribution in [1.82, 2.24) is 9.97 Å². The molecule has 39 heavy (non-hydrogen) atoms. The Balaban J connectivity index is 1.43. The van der Waals surface area contributed by atoms with E-state index in [1.165, 1.54) is 6.20 Å². The molecule has 2 saturated carbocycles. The zero-order valence-electron chi connectivity index (χ0n) is 21.6. The molecule has 0 spiro atoms. The van der Waals surface area contributed by atoms with Crippen LogP contribution in [0.2, 0.25) is 0 Å². The third kappa shape index (κ3) is 4.92. The van der Waals surface area contributed by atoms with Gasteiger partial charge in [0.2, 0.25) is 0 Å². The molecule has 206 valence electrons. The van der Waals surface area contributed by atoms with Gasteiger partial charge in [-0.05, 0) is 92.3 Å². The van der Waals surface area contributed by atoms with E-state index in [1.807, 2.05) is 6.92 Å². The van der Waals surface area contributed by atoms with Crippen molar-refractivity contribution in [2.24, 2.45) is 5.92 Å². The predicted molar refractivity (Wildman–Crippen MR) is 137 cm³/mol. The Kier molecular flexibility index (Phi) is 6.98. The van der Waals surface area contributed by atoms with Crippen molar-refractivity contribution < 1.29 is 33.3 Å². The maximum atomic E-state index is 15.0. The van der Waals surface area contributed by atoms with Gasteiger partial charge in [0, 0.05) is 6.20 Å². The Hall–Kier alpha value is -3.34. The highest BCUT2D eigenvalue weighted by atomic mass is 19.1. The second kappa shape index (κ2) is 10.0. The van der Waals surface area contributed by atoms with Crippen LogP contribution in [0.3, 0.4) is 0 Å². The molecular formula is C29H30F3N3O4. The number of anilines is 1. The van der Waals surface area contributed by atoms with E-state index >= 15 is 8.78 Å². The molecular weight excluding hydrogens is 511 g/mol. The summed E-state index contributed by atoms with van der Waals surface area (Å²) in [6, 6.07) is 5.68. The van der Waals surface area contributed by atoms with E-state index in [1.54, 1.807) is 19.2 Å². The molecule has 4 N–H and O–H groups in total. The second-order valence-corrected chi connectivity index (χ2v) is 11.0. The third-order valence-corrected chi connectivity index (χ3v) is 8.44. The first-order valence-corrected chi connectivity index (χ1v) is 12.9. The van der Waals surface area contributed by atoms with Gasteiger partial charge in [-0.25, -0.2) is 18.2 Å². The summed E-state index contributed by atoms with van der Waals surface area (Å²) in [7, 11) is 0. The highest BCUT2D eigenvalue weighted by molar-refractivity contribution is 6.03. The number of halogens is 3. The monoisotopic (exact) mass is 541 g/mol. The highest BCUT2D eigenvalue weighted by Gasteiger charge is 2.43. The van der Waals surface area contributed by atoms with Crippen LogP contribution < -0.4 is 5.32 Å². The summed E-state index contributed by atoms with van der Waals surface area (Å²) < 4.78 is 44.8. The molecule has 2 aromatic heterocycles. The summed E-state index contributed by atoms with van der Waals surface area (Å²) in [4.78, 5) is 21.2. The van der Waals surface area contributed by atoms with Crippen LogP contribution in [0.4, 0.5) is 18.9 Å². The Labute approximate surface area is 223 Å². The lowest BCUT2D eigenvalue weighted by atomic mass is 9.69. The average Bonchev–Trinajstić information content (AvgIpc) is 2.86. The van der Waals surface area contributed by atoms with E-state index in [9.17, 15) is 24.5 Å². The number of carbonyl (C=O) groups is 1. The molecule has 0 bridgehead atoms. The van der Waals surface area contributed by atoms with Gasteiger partial charge in [-0.1, -0.05) is 6.92 Å². The van der Waals surface area contributed by atoms with Crippen LogP contribution in [0.1, 0.15) is 73.5 Å². The molecule has 1 amide bonds. The van der Waals surface area contributed by atoms with Crippen molar-refractivity contribution in [2.45, 2.75) is 69.2 Å². The Bertz CT molecular complexity index is 1390. The number of aliphatic hydroxyl groups excluding tert-OH is 1. The quantitative estimate of drug-likeness (QED) is 0.369. The van der Waals surface area contributed by atoms with Crippen LogP contribution in [0.25, 0.3) is 11.3 Å². The first-order chi connectivity index (χ1) is 18.4. The Morgan fingerprint density at radius 2 is 1.74 bits per heavy atom. The number of carbonyl (C=O) groups excluding carboxylic acids is 1. The highest BCUT2D eigenvalue weighted by Crippen LogP contribution is 2.44. The number of benzene rings is 1. The summed E-state index contributed by atoms with van der Waals surface area (Å²) in [6.07, 6.45) is 4.33. The molecule has 0 radical (unpaired) electrons. The molecule has 2 heterocycles. The fourth-order valence-electron chi connectivity index (χ4n) is 5.52. The van der Waals surface area contributed by atoms with Gasteiger partial charge in [-0.3, -0.25) is 9.78 Å². The number of rotatable bonds is 5. The number of hydrogen-bond acceptors (Lipinski definition) is 6. The van der Waals surface area contributed by atoms with Crippen molar-refractivity contribution in [2.75, 3.05) is 5.32 Å². The van der Waals surface area contributed by atoms with Crippen LogP contribution in [-0.4, -0.2) is 42.9 Å². The molecule has 1 aromatic carbocycles. The molecule has 10 heteroatoms. The van der Waals surface area contributed by atoms with Crippen molar-refractivity contribution >= 4 is 11.6 Å². The number of nitrogens with zero attached hydrogens (tertiary/aromatic N) is 2. The number of aromatic nitrogens is 2. The fraction of sp³-hybridized carbons (Fsp3) is 0.414. The minimum Gasteiger partial charge on any atom is -0.390 e. The van der Waals surface area contributed by atoms with Gasteiger partial charge in [0.1, 0.15) is 28.8 Å². The van der Waals surface area contributed by atoms with Crippen molar-refractivity contribution in [3.63, 3.8) is 0 Å². The van der Waals surface area contributed by atoms with Crippen molar-refractivity contribution in [3.05, 3.63) is 77.0 Å². The van der Waals surface area contributed by atoms with E-state index in [0.29, 0.717) is 30.5 Å². The number of nitrogens with one attached hydrogen (secondary N) is 1. The van der Waals surface area contributed by atoms with Gasteiger partial charge in [-0.15, -0.1) is 0 Å². The lowest BCUT2D eigenvalue weighted by Gasteiger charge is -2.43. The molecule has 0 unspecified atom stereocenters. The van der Waals surface area contributed by atoms with E-state index < -0.39 is 51.9 Å². The zero-order valence-corrected chi connectivity index (χ0v) is 21.6. The molecule has 4 atom stereocenters. The summed E-state index contributed by atoms with van der Waals surface area (Å²) in [5.74, 6) is -4.35. The van der Waals surface area contributed by atoms with Crippen LogP contribution in [0.5, 0.6) is 0 Å². The maximum absolute atomic E-state index is 15.0. The molecule has 3 aromatic rings. The molecule has 5 rings (SSSR count). The first kappa shape index (κ1) is 27.2. The van der Waals surface area contributed by atoms with Gasteiger partial charge >= 0.3 is 0 Å². The number of pyridine rings is 2. The SMILES string of the molecule is C[C@H]1C[C@@H](c2ccncc2NC(=O)c2ccc(F)c(-c3c(F)cc(C4(O)CCC4)cc3F)n2)C[C@@H](O)[C@]1(C)O. The normalized spacial score (nSPS) is 26.1. The van der Waals surface area contributed by atoms with Gasteiger partial charge in [0.25, 0.3) is 5.91 Å². The molecule has 2 aliphatic carbocycles. The third-order valence-electron chi connectivity index (χ3n) is 8.44. The Morgan fingerprint density at radius 1 is 1.05 bits per heavy atom. The van der Waals surface area contributed by atoms with Gasteiger partial charge in [0.05, 0.1) is 34.8 Å². The molecule has 7 nitrogen and oxygen atoms in total.